The summed E-state index contributed by atoms with van der Waals surface area (Å²) >= 11 is 0. The van der Waals surface area contributed by atoms with Gasteiger partial charge in [0.1, 0.15) is 5.69 Å². The molecule has 14 aromatic rings. The van der Waals surface area contributed by atoms with Gasteiger partial charge in [0.05, 0.1) is 22.1 Å². The molecule has 0 saturated heterocycles. The molecule has 0 radical (unpaired) electrons. The van der Waals surface area contributed by atoms with Crippen LogP contribution in [0.4, 0.5) is 0 Å². The molecule has 14 rings (SSSR count). The van der Waals surface area contributed by atoms with Gasteiger partial charge >= 0.3 is 0 Å². The van der Waals surface area contributed by atoms with E-state index in [2.05, 4.69) is 233 Å². The van der Waals surface area contributed by atoms with Crippen LogP contribution in [-0.2, 0) is 0 Å². The van der Waals surface area contributed by atoms with Gasteiger partial charge in [-0.2, -0.15) is 0 Å². The maximum atomic E-state index is 5.17. The summed E-state index contributed by atoms with van der Waals surface area (Å²) in [7, 11) is 0. The van der Waals surface area contributed by atoms with E-state index in [0.717, 1.165) is 44.8 Å². The van der Waals surface area contributed by atoms with E-state index >= 15 is 0 Å². The summed E-state index contributed by atoms with van der Waals surface area (Å²) in [5.41, 5.74) is 13.8. The molecule has 10 aromatic carbocycles. The largest absolute Gasteiger partial charge is 0.309 e. The second-order valence-electron chi connectivity index (χ2n) is 17.8. The molecule has 70 heavy (non-hydrogen) atoms. The lowest BCUT2D eigenvalue weighted by molar-refractivity contribution is 1.06. The van der Waals surface area contributed by atoms with Crippen LogP contribution < -0.4 is 0 Å². The standard InChI is InChI=1S/C64H40N6/c1-3-19-51-43(13-1)30-36-55-53-21-5-7-24-58(53)69(60(51)55)49-32-26-41(27-33-49)45-15-11-17-47(39-45)62-66-63(68-64(67-62)57-23-9-10-38-65-57)48-18-12-16-46(40-48)42-28-34-50(35-29-42)70-59-25-8-6-22-54(59)56-37-31-44-14-2-4-20-52(44)61(56)70/h1-40H. The van der Waals surface area contributed by atoms with Crippen molar-refractivity contribution in [1.82, 2.24) is 29.1 Å². The van der Waals surface area contributed by atoms with Crippen LogP contribution in [0.5, 0.6) is 0 Å². The first kappa shape index (κ1) is 39.6. The molecule has 0 atom stereocenters. The van der Waals surface area contributed by atoms with E-state index in [1.165, 1.54) is 65.2 Å². The van der Waals surface area contributed by atoms with Crippen molar-refractivity contribution in [3.63, 3.8) is 0 Å². The molecule has 0 fully saturated rings. The first-order chi connectivity index (χ1) is 34.7. The van der Waals surface area contributed by atoms with Crippen molar-refractivity contribution in [1.29, 1.82) is 0 Å². The number of pyridine rings is 1. The van der Waals surface area contributed by atoms with E-state index in [9.17, 15) is 0 Å². The first-order valence-electron chi connectivity index (χ1n) is 23.6. The van der Waals surface area contributed by atoms with E-state index in [1.54, 1.807) is 6.20 Å². The van der Waals surface area contributed by atoms with Gasteiger partial charge in [0.15, 0.2) is 17.5 Å². The molecule has 4 aromatic heterocycles. The van der Waals surface area contributed by atoms with Gasteiger partial charge in [0.2, 0.25) is 0 Å². The Morgan fingerprint density at radius 2 is 0.700 bits per heavy atom. The van der Waals surface area contributed by atoms with Gasteiger partial charge < -0.3 is 9.13 Å². The molecule has 0 amide bonds. The van der Waals surface area contributed by atoms with Crippen LogP contribution in [0.15, 0.2) is 243 Å². The summed E-state index contributed by atoms with van der Waals surface area (Å²) in [6.07, 6.45) is 1.77. The lowest BCUT2D eigenvalue weighted by Crippen LogP contribution is -2.01. The number of fused-ring (bicyclic) bond motifs is 10. The molecule has 0 saturated carbocycles. The van der Waals surface area contributed by atoms with Crippen molar-refractivity contribution in [2.45, 2.75) is 0 Å². The summed E-state index contributed by atoms with van der Waals surface area (Å²) in [5, 5.41) is 9.91. The number of para-hydroxylation sites is 2. The molecule has 0 N–H and O–H groups in total. The Morgan fingerprint density at radius 3 is 1.19 bits per heavy atom. The minimum Gasteiger partial charge on any atom is -0.309 e. The average molecular weight is 893 g/mol. The third-order valence-corrected chi connectivity index (χ3v) is 13.8. The minimum absolute atomic E-state index is 0.516. The molecule has 0 aliphatic heterocycles. The number of aromatic nitrogens is 6. The lowest BCUT2D eigenvalue weighted by Gasteiger charge is -2.12. The Hall–Kier alpha value is -9.52. The van der Waals surface area contributed by atoms with Gasteiger partial charge in [-0.3, -0.25) is 4.98 Å². The van der Waals surface area contributed by atoms with Gasteiger partial charge in [-0.1, -0.05) is 176 Å². The van der Waals surface area contributed by atoms with Crippen molar-refractivity contribution in [3.05, 3.63) is 243 Å². The Bertz CT molecular complexity index is 4080. The molecule has 0 spiro atoms. The minimum atomic E-state index is 0.516. The van der Waals surface area contributed by atoms with Crippen molar-refractivity contribution >= 4 is 65.2 Å². The molecule has 326 valence electrons. The Labute approximate surface area is 403 Å². The van der Waals surface area contributed by atoms with Crippen molar-refractivity contribution < 1.29 is 0 Å². The van der Waals surface area contributed by atoms with Gasteiger partial charge in [-0.15, -0.1) is 0 Å². The van der Waals surface area contributed by atoms with Crippen LogP contribution >= 0.6 is 0 Å². The highest BCUT2D eigenvalue weighted by Crippen LogP contribution is 2.39. The zero-order chi connectivity index (χ0) is 46.1. The molecule has 0 aliphatic rings. The monoisotopic (exact) mass is 892 g/mol. The maximum absolute atomic E-state index is 5.17. The van der Waals surface area contributed by atoms with E-state index < -0.39 is 0 Å². The first-order valence-corrected chi connectivity index (χ1v) is 23.6. The summed E-state index contributed by atoms with van der Waals surface area (Å²) < 4.78 is 4.80. The second-order valence-corrected chi connectivity index (χ2v) is 17.8. The Kier molecular flexibility index (Phi) is 9.10. The number of benzene rings is 10. The molecular formula is C64H40N6. The van der Waals surface area contributed by atoms with Crippen LogP contribution in [0.3, 0.4) is 0 Å². The number of nitrogens with zero attached hydrogens (tertiary/aromatic N) is 6. The Morgan fingerprint density at radius 1 is 0.271 bits per heavy atom. The van der Waals surface area contributed by atoms with Crippen LogP contribution in [0.25, 0.3) is 133 Å². The number of hydrogen-bond donors (Lipinski definition) is 0. The zero-order valence-electron chi connectivity index (χ0n) is 37.8. The van der Waals surface area contributed by atoms with Crippen molar-refractivity contribution in [2.24, 2.45) is 0 Å². The van der Waals surface area contributed by atoms with E-state index in [0.29, 0.717) is 23.2 Å². The van der Waals surface area contributed by atoms with Crippen LogP contribution in [-0.4, -0.2) is 29.1 Å². The SMILES string of the molecule is c1ccc(-c2nc(-c3cccc(-c4ccc(-n5c6ccccc6c6ccc7ccccc7c65)cc4)c3)nc(-c3cccc(-c4ccc(-n5c6ccccc6c6ccc7ccccc7c65)cc4)c3)n2)nc1. The van der Waals surface area contributed by atoms with Crippen molar-refractivity contribution in [3.8, 4) is 67.9 Å². The molecule has 0 unspecified atom stereocenters. The third kappa shape index (κ3) is 6.49. The fourth-order valence-corrected chi connectivity index (χ4v) is 10.5. The number of hydrogen-bond acceptors (Lipinski definition) is 4. The topological polar surface area (TPSA) is 61.4 Å². The molecular weight excluding hydrogens is 853 g/mol. The molecule has 6 heteroatoms. The molecule has 4 heterocycles. The lowest BCUT2D eigenvalue weighted by atomic mass is 10.0. The second kappa shape index (κ2) is 16.1. The highest BCUT2D eigenvalue weighted by Gasteiger charge is 2.18. The van der Waals surface area contributed by atoms with Crippen molar-refractivity contribution in [2.75, 3.05) is 0 Å². The van der Waals surface area contributed by atoms with Gasteiger partial charge in [-0.05, 0) is 93.7 Å². The van der Waals surface area contributed by atoms with Crippen LogP contribution in [0.2, 0.25) is 0 Å². The van der Waals surface area contributed by atoms with Gasteiger partial charge in [0.25, 0.3) is 0 Å². The van der Waals surface area contributed by atoms with E-state index in [-0.39, 0.29) is 0 Å². The molecule has 0 aliphatic carbocycles. The summed E-state index contributed by atoms with van der Waals surface area (Å²) in [4.78, 5) is 19.9. The molecule has 6 nitrogen and oxygen atoms in total. The molecule has 0 bridgehead atoms. The summed E-state index contributed by atoms with van der Waals surface area (Å²) in [6, 6.07) is 84.1. The maximum Gasteiger partial charge on any atom is 0.182 e. The summed E-state index contributed by atoms with van der Waals surface area (Å²) in [6.45, 7) is 0. The fourth-order valence-electron chi connectivity index (χ4n) is 10.5. The highest BCUT2D eigenvalue weighted by atomic mass is 15.0. The van der Waals surface area contributed by atoms with E-state index in [4.69, 9.17) is 15.0 Å². The zero-order valence-corrected chi connectivity index (χ0v) is 37.8. The predicted molar refractivity (Wildman–Crippen MR) is 288 cm³/mol. The third-order valence-electron chi connectivity index (χ3n) is 13.8. The summed E-state index contributed by atoms with van der Waals surface area (Å²) in [5.74, 6) is 1.67. The van der Waals surface area contributed by atoms with E-state index in [1.807, 2.05) is 18.2 Å². The van der Waals surface area contributed by atoms with Gasteiger partial charge in [0, 0.05) is 61.0 Å². The van der Waals surface area contributed by atoms with Crippen LogP contribution in [0, 0.1) is 0 Å². The predicted octanol–water partition coefficient (Wildman–Crippen LogP) is 16.1. The normalized spacial score (nSPS) is 11.7. The Balaban J connectivity index is 0.824. The smallest absolute Gasteiger partial charge is 0.182 e. The van der Waals surface area contributed by atoms with Crippen LogP contribution in [0.1, 0.15) is 0 Å². The highest BCUT2D eigenvalue weighted by molar-refractivity contribution is 6.19. The van der Waals surface area contributed by atoms with Gasteiger partial charge in [-0.25, -0.2) is 15.0 Å². The fraction of sp³-hybridized carbons (Fsp3) is 0. The number of rotatable bonds is 7. The quantitative estimate of drug-likeness (QED) is 0.160. The average Bonchev–Trinajstić information content (AvgIpc) is 3.97.